The van der Waals surface area contributed by atoms with Crippen LogP contribution in [0.5, 0.6) is 0 Å². The molecule has 1 saturated heterocycles. The largest absolute Gasteiger partial charge is 0.459 e. The predicted molar refractivity (Wildman–Crippen MR) is 130 cm³/mol. The Labute approximate surface area is 194 Å². The number of hydrogen-bond acceptors (Lipinski definition) is 3. The summed E-state index contributed by atoms with van der Waals surface area (Å²) in [6.45, 7) is 6.30. The van der Waals surface area contributed by atoms with E-state index < -0.39 is 0 Å². The van der Waals surface area contributed by atoms with Crippen LogP contribution in [-0.2, 0) is 6.54 Å². The Balaban J connectivity index is 0.00000256. The van der Waals surface area contributed by atoms with E-state index in [4.69, 9.17) is 9.41 Å². The number of carbonyl (C=O) groups is 1. The van der Waals surface area contributed by atoms with Crippen LogP contribution in [0.3, 0.4) is 0 Å². The van der Waals surface area contributed by atoms with Crippen molar-refractivity contribution in [2.45, 2.75) is 13.5 Å². The lowest BCUT2D eigenvalue weighted by atomic mass is 10.1. The third kappa shape index (κ3) is 5.13. The van der Waals surface area contributed by atoms with Gasteiger partial charge in [-0.15, -0.1) is 24.0 Å². The van der Waals surface area contributed by atoms with E-state index in [0.29, 0.717) is 25.4 Å². The van der Waals surface area contributed by atoms with E-state index in [1.807, 2.05) is 4.90 Å². The van der Waals surface area contributed by atoms with Crippen LogP contribution in [0.4, 0.5) is 0 Å². The lowest BCUT2D eigenvalue weighted by Crippen LogP contribution is -2.53. The van der Waals surface area contributed by atoms with E-state index in [2.05, 4.69) is 59.6 Å². The standard InChI is InChI=1S/C23H26N4O2.HI/c1-2-24-23(25-17-18-9-10-19-6-3-4-7-20(19)16-18)27-13-11-26(12-14-27)22(28)21-8-5-15-29-21;/h3-10,15-16H,2,11-14,17H2,1H3,(H,24,25);1H. The molecule has 1 amide bonds. The summed E-state index contributed by atoms with van der Waals surface area (Å²) in [4.78, 5) is 21.3. The molecule has 0 aliphatic carbocycles. The maximum Gasteiger partial charge on any atom is 0.289 e. The van der Waals surface area contributed by atoms with Gasteiger partial charge in [-0.05, 0) is 41.5 Å². The Kier molecular flexibility index (Phi) is 7.73. The van der Waals surface area contributed by atoms with Crippen molar-refractivity contribution in [3.8, 4) is 0 Å². The van der Waals surface area contributed by atoms with Crippen LogP contribution < -0.4 is 5.32 Å². The molecule has 0 spiro atoms. The summed E-state index contributed by atoms with van der Waals surface area (Å²) in [5, 5.41) is 5.86. The van der Waals surface area contributed by atoms with Gasteiger partial charge in [0.15, 0.2) is 11.7 Å². The maximum absolute atomic E-state index is 12.4. The minimum absolute atomic E-state index is 0. The summed E-state index contributed by atoms with van der Waals surface area (Å²) in [7, 11) is 0. The Morgan fingerprint density at radius 3 is 2.43 bits per heavy atom. The van der Waals surface area contributed by atoms with E-state index in [1.54, 1.807) is 12.1 Å². The number of guanidine groups is 1. The highest BCUT2D eigenvalue weighted by Gasteiger charge is 2.25. The molecule has 30 heavy (non-hydrogen) atoms. The van der Waals surface area contributed by atoms with Gasteiger partial charge in [-0.3, -0.25) is 4.79 Å². The van der Waals surface area contributed by atoms with Gasteiger partial charge in [0.1, 0.15) is 0 Å². The third-order valence-electron chi connectivity index (χ3n) is 5.16. The van der Waals surface area contributed by atoms with E-state index in [-0.39, 0.29) is 29.9 Å². The average Bonchev–Trinajstić information content (AvgIpc) is 3.31. The van der Waals surface area contributed by atoms with Crippen LogP contribution in [0.25, 0.3) is 10.8 Å². The quantitative estimate of drug-likeness (QED) is 0.323. The second kappa shape index (κ2) is 10.5. The first-order chi connectivity index (χ1) is 14.2. The molecule has 0 atom stereocenters. The number of fused-ring (bicyclic) bond motifs is 1. The molecule has 1 N–H and O–H groups in total. The molecule has 2 aromatic carbocycles. The fourth-order valence-electron chi connectivity index (χ4n) is 3.61. The van der Waals surface area contributed by atoms with Crippen LogP contribution in [0.1, 0.15) is 23.0 Å². The minimum Gasteiger partial charge on any atom is -0.459 e. The molecule has 1 fully saturated rings. The smallest absolute Gasteiger partial charge is 0.289 e. The summed E-state index contributed by atoms with van der Waals surface area (Å²) in [6, 6.07) is 18.3. The highest BCUT2D eigenvalue weighted by molar-refractivity contribution is 14.0. The molecular weight excluding hydrogens is 491 g/mol. The number of hydrogen-bond donors (Lipinski definition) is 1. The van der Waals surface area contributed by atoms with Crippen molar-refractivity contribution >= 4 is 46.6 Å². The molecule has 7 heteroatoms. The Morgan fingerprint density at radius 1 is 1.00 bits per heavy atom. The van der Waals surface area contributed by atoms with Crippen molar-refractivity contribution < 1.29 is 9.21 Å². The Hall–Kier alpha value is -2.55. The molecule has 1 aliphatic heterocycles. The number of carbonyl (C=O) groups excluding carboxylic acids is 1. The molecule has 2 heterocycles. The topological polar surface area (TPSA) is 61.1 Å². The van der Waals surface area contributed by atoms with Crippen molar-refractivity contribution in [2.24, 2.45) is 4.99 Å². The molecule has 0 unspecified atom stereocenters. The van der Waals surface area contributed by atoms with Gasteiger partial charge in [0.25, 0.3) is 5.91 Å². The summed E-state index contributed by atoms with van der Waals surface area (Å²) in [5.74, 6) is 1.24. The van der Waals surface area contributed by atoms with Gasteiger partial charge in [0, 0.05) is 32.7 Å². The molecule has 0 bridgehead atoms. The summed E-state index contributed by atoms with van der Waals surface area (Å²) in [6.07, 6.45) is 1.53. The molecular formula is C23H27IN4O2. The molecule has 0 radical (unpaired) electrons. The number of aliphatic imine (C=N–C) groups is 1. The van der Waals surface area contributed by atoms with Gasteiger partial charge in [-0.1, -0.05) is 36.4 Å². The normalized spacial score (nSPS) is 14.5. The number of nitrogens with zero attached hydrogens (tertiary/aromatic N) is 3. The number of benzene rings is 2. The van der Waals surface area contributed by atoms with Gasteiger partial charge in [0.2, 0.25) is 0 Å². The second-order valence-electron chi connectivity index (χ2n) is 7.11. The zero-order chi connectivity index (χ0) is 20.1. The number of piperazine rings is 1. The number of halogens is 1. The monoisotopic (exact) mass is 518 g/mol. The number of furan rings is 1. The highest BCUT2D eigenvalue weighted by Crippen LogP contribution is 2.16. The van der Waals surface area contributed by atoms with Crippen LogP contribution in [-0.4, -0.2) is 54.4 Å². The lowest BCUT2D eigenvalue weighted by Gasteiger charge is -2.36. The van der Waals surface area contributed by atoms with Gasteiger partial charge in [-0.25, -0.2) is 4.99 Å². The Morgan fingerprint density at radius 2 is 1.73 bits per heavy atom. The number of rotatable bonds is 4. The third-order valence-corrected chi connectivity index (χ3v) is 5.16. The first kappa shape index (κ1) is 22.1. The fraction of sp³-hybridized carbons (Fsp3) is 0.304. The van der Waals surface area contributed by atoms with Gasteiger partial charge >= 0.3 is 0 Å². The molecule has 1 aromatic heterocycles. The van der Waals surface area contributed by atoms with Crippen LogP contribution in [0.2, 0.25) is 0 Å². The van der Waals surface area contributed by atoms with Gasteiger partial charge in [0.05, 0.1) is 12.8 Å². The van der Waals surface area contributed by atoms with Crippen molar-refractivity contribution in [2.75, 3.05) is 32.7 Å². The summed E-state index contributed by atoms with van der Waals surface area (Å²) < 4.78 is 5.24. The Bertz CT molecular complexity index is 995. The first-order valence-corrected chi connectivity index (χ1v) is 10.1. The molecule has 1 aliphatic rings. The molecule has 4 rings (SSSR count). The average molecular weight is 518 g/mol. The van der Waals surface area contributed by atoms with E-state index in [0.717, 1.165) is 25.6 Å². The summed E-state index contributed by atoms with van der Waals surface area (Å²) >= 11 is 0. The van der Waals surface area contributed by atoms with E-state index in [1.165, 1.54) is 22.6 Å². The number of amides is 1. The second-order valence-corrected chi connectivity index (χ2v) is 7.11. The van der Waals surface area contributed by atoms with Crippen LogP contribution in [0, 0.1) is 0 Å². The van der Waals surface area contributed by atoms with Crippen molar-refractivity contribution in [1.29, 1.82) is 0 Å². The number of nitrogens with one attached hydrogen (secondary N) is 1. The predicted octanol–water partition coefficient (Wildman–Crippen LogP) is 3.97. The van der Waals surface area contributed by atoms with Crippen LogP contribution >= 0.6 is 24.0 Å². The maximum atomic E-state index is 12.4. The molecule has 3 aromatic rings. The zero-order valence-electron chi connectivity index (χ0n) is 17.1. The SMILES string of the molecule is CCNC(=NCc1ccc2ccccc2c1)N1CCN(C(=O)c2ccco2)CC1.I. The fourth-order valence-corrected chi connectivity index (χ4v) is 3.61. The van der Waals surface area contributed by atoms with Gasteiger partial charge < -0.3 is 19.5 Å². The molecule has 158 valence electrons. The molecule has 6 nitrogen and oxygen atoms in total. The van der Waals surface area contributed by atoms with E-state index >= 15 is 0 Å². The molecule has 0 saturated carbocycles. The zero-order valence-corrected chi connectivity index (χ0v) is 19.4. The van der Waals surface area contributed by atoms with Crippen molar-refractivity contribution in [3.05, 3.63) is 72.2 Å². The lowest BCUT2D eigenvalue weighted by molar-refractivity contribution is 0.0657. The van der Waals surface area contributed by atoms with Crippen molar-refractivity contribution in [3.63, 3.8) is 0 Å². The van der Waals surface area contributed by atoms with Crippen LogP contribution in [0.15, 0.2) is 70.3 Å². The van der Waals surface area contributed by atoms with E-state index in [9.17, 15) is 4.79 Å². The summed E-state index contributed by atoms with van der Waals surface area (Å²) in [5.41, 5.74) is 1.19. The van der Waals surface area contributed by atoms with Gasteiger partial charge in [-0.2, -0.15) is 0 Å². The minimum atomic E-state index is -0.0484. The van der Waals surface area contributed by atoms with Crippen molar-refractivity contribution in [1.82, 2.24) is 15.1 Å². The highest BCUT2D eigenvalue weighted by atomic mass is 127. The first-order valence-electron chi connectivity index (χ1n) is 10.1.